The molecule has 0 aliphatic carbocycles. The van der Waals surface area contributed by atoms with E-state index in [1.165, 1.54) is 5.56 Å². The predicted octanol–water partition coefficient (Wildman–Crippen LogP) is 2.67. The van der Waals surface area contributed by atoms with E-state index in [-0.39, 0.29) is 12.1 Å². The van der Waals surface area contributed by atoms with Gasteiger partial charge in [-0.15, -0.1) is 0 Å². The van der Waals surface area contributed by atoms with Gasteiger partial charge < -0.3 is 19.3 Å². The fourth-order valence-electron chi connectivity index (χ4n) is 3.29. The highest BCUT2D eigenvalue weighted by molar-refractivity contribution is 5.75. The van der Waals surface area contributed by atoms with Gasteiger partial charge in [-0.25, -0.2) is 4.79 Å². The molecule has 1 atom stereocenters. The van der Waals surface area contributed by atoms with Gasteiger partial charge in [-0.1, -0.05) is 12.1 Å². The molecule has 2 amide bonds. The molecule has 1 aromatic carbocycles. The Balaban J connectivity index is 1.79. The first-order valence-electron chi connectivity index (χ1n) is 8.07. The van der Waals surface area contributed by atoms with E-state index in [2.05, 4.69) is 12.1 Å². The number of rotatable bonds is 2. The zero-order valence-electron chi connectivity index (χ0n) is 13.2. The smallest absolute Gasteiger partial charge is 0.320 e. The lowest BCUT2D eigenvalue weighted by atomic mass is 9.95. The molecule has 2 fully saturated rings. The fraction of sp³-hybridized carbons (Fsp3) is 0.588. The third-order valence-corrected chi connectivity index (χ3v) is 4.51. The molecule has 0 aromatic heterocycles. The van der Waals surface area contributed by atoms with Crippen LogP contribution >= 0.6 is 0 Å². The summed E-state index contributed by atoms with van der Waals surface area (Å²) in [5.41, 5.74) is 1.17. The minimum atomic E-state index is 0.149. The second-order valence-electron chi connectivity index (χ2n) is 5.86. The highest BCUT2D eigenvalue weighted by atomic mass is 16.5. The van der Waals surface area contributed by atoms with Gasteiger partial charge in [0.25, 0.3) is 0 Å². The lowest BCUT2D eigenvalue weighted by Gasteiger charge is -2.40. The van der Waals surface area contributed by atoms with Crippen molar-refractivity contribution < 1.29 is 14.3 Å². The quantitative estimate of drug-likeness (QED) is 0.843. The monoisotopic (exact) mass is 304 g/mol. The Morgan fingerprint density at radius 3 is 2.82 bits per heavy atom. The zero-order valence-corrected chi connectivity index (χ0v) is 13.2. The lowest BCUT2D eigenvalue weighted by molar-refractivity contribution is 0.0355. The molecule has 2 heterocycles. The van der Waals surface area contributed by atoms with Crippen molar-refractivity contribution in [3.63, 3.8) is 0 Å². The number of hydrogen-bond donors (Lipinski definition) is 0. The number of likely N-dealkylation sites (tertiary alicyclic amines) is 1. The standard InChI is InChI=1S/C17H24N2O3/c1-21-15-6-4-5-14(13-15)16-7-2-3-8-19(16)17(20)18-9-11-22-12-10-18/h4-6,13,16H,2-3,7-12H2,1H3/t16-/m1/s1. The maximum Gasteiger partial charge on any atom is 0.320 e. The van der Waals surface area contributed by atoms with Crippen LogP contribution in [0.1, 0.15) is 30.9 Å². The summed E-state index contributed by atoms with van der Waals surface area (Å²) < 4.78 is 10.7. The Bertz CT molecular complexity index is 514. The van der Waals surface area contributed by atoms with Crippen molar-refractivity contribution in [3.05, 3.63) is 29.8 Å². The number of urea groups is 1. The molecular formula is C17H24N2O3. The molecule has 5 nitrogen and oxygen atoms in total. The van der Waals surface area contributed by atoms with Crippen LogP contribution in [0.3, 0.4) is 0 Å². The Labute approximate surface area is 131 Å². The molecule has 0 spiro atoms. The van der Waals surface area contributed by atoms with Crippen molar-refractivity contribution >= 4 is 6.03 Å². The van der Waals surface area contributed by atoms with Crippen LogP contribution in [0, 0.1) is 0 Å². The summed E-state index contributed by atoms with van der Waals surface area (Å²) in [6.07, 6.45) is 3.26. The second kappa shape index (κ2) is 7.01. The normalized spacial score (nSPS) is 22.5. The van der Waals surface area contributed by atoms with E-state index in [9.17, 15) is 4.79 Å². The molecule has 0 unspecified atom stereocenters. The summed E-state index contributed by atoms with van der Waals surface area (Å²) in [5, 5.41) is 0. The van der Waals surface area contributed by atoms with Crippen molar-refractivity contribution in [2.24, 2.45) is 0 Å². The molecule has 0 radical (unpaired) electrons. The number of benzene rings is 1. The molecular weight excluding hydrogens is 280 g/mol. The van der Waals surface area contributed by atoms with Gasteiger partial charge in [-0.05, 0) is 37.0 Å². The number of ether oxygens (including phenoxy) is 2. The Hall–Kier alpha value is -1.75. The van der Waals surface area contributed by atoms with E-state index in [1.807, 2.05) is 21.9 Å². The Morgan fingerprint density at radius 2 is 2.05 bits per heavy atom. The Kier molecular flexibility index (Phi) is 4.83. The van der Waals surface area contributed by atoms with Crippen molar-refractivity contribution in [1.29, 1.82) is 0 Å². The molecule has 2 saturated heterocycles. The van der Waals surface area contributed by atoms with E-state index >= 15 is 0 Å². The maximum atomic E-state index is 12.9. The van der Waals surface area contributed by atoms with Crippen molar-refractivity contribution in [1.82, 2.24) is 9.80 Å². The van der Waals surface area contributed by atoms with Gasteiger partial charge in [0, 0.05) is 19.6 Å². The number of methoxy groups -OCH3 is 1. The largest absolute Gasteiger partial charge is 0.497 e. The molecule has 0 saturated carbocycles. The molecule has 5 heteroatoms. The Morgan fingerprint density at radius 1 is 1.23 bits per heavy atom. The summed E-state index contributed by atoms with van der Waals surface area (Å²) in [6, 6.07) is 8.39. The van der Waals surface area contributed by atoms with E-state index in [0.717, 1.165) is 31.6 Å². The second-order valence-corrected chi connectivity index (χ2v) is 5.86. The van der Waals surface area contributed by atoms with Crippen molar-refractivity contribution in [2.75, 3.05) is 40.0 Å². The van der Waals surface area contributed by atoms with Crippen LogP contribution in [0.25, 0.3) is 0 Å². The minimum absolute atomic E-state index is 0.149. The van der Waals surface area contributed by atoms with Gasteiger partial charge in [0.1, 0.15) is 5.75 Å². The number of carbonyl (C=O) groups is 1. The number of morpholine rings is 1. The van der Waals surface area contributed by atoms with Crippen LogP contribution in [-0.2, 0) is 4.74 Å². The van der Waals surface area contributed by atoms with Gasteiger partial charge >= 0.3 is 6.03 Å². The first-order chi connectivity index (χ1) is 10.8. The molecule has 2 aliphatic heterocycles. The van der Waals surface area contributed by atoms with Crippen LogP contribution in [0.4, 0.5) is 4.79 Å². The van der Waals surface area contributed by atoms with Crippen molar-refractivity contribution in [3.8, 4) is 5.75 Å². The number of amides is 2. The molecule has 3 rings (SSSR count). The molecule has 22 heavy (non-hydrogen) atoms. The highest BCUT2D eigenvalue weighted by Gasteiger charge is 2.31. The maximum absolute atomic E-state index is 12.9. The van der Waals surface area contributed by atoms with Gasteiger partial charge in [-0.2, -0.15) is 0 Å². The predicted molar refractivity (Wildman–Crippen MR) is 84.1 cm³/mol. The summed E-state index contributed by atoms with van der Waals surface area (Å²) in [5.74, 6) is 0.849. The van der Waals surface area contributed by atoms with Crippen molar-refractivity contribution in [2.45, 2.75) is 25.3 Å². The summed E-state index contributed by atoms with van der Waals surface area (Å²) >= 11 is 0. The van der Waals surface area contributed by atoms with E-state index in [0.29, 0.717) is 26.3 Å². The average molecular weight is 304 g/mol. The van der Waals surface area contributed by atoms with Crippen LogP contribution in [0.5, 0.6) is 5.75 Å². The van der Waals surface area contributed by atoms with E-state index in [4.69, 9.17) is 9.47 Å². The topological polar surface area (TPSA) is 42.0 Å². The van der Waals surface area contributed by atoms with E-state index < -0.39 is 0 Å². The third kappa shape index (κ3) is 3.19. The first kappa shape index (κ1) is 15.2. The van der Waals surface area contributed by atoms with Crippen LogP contribution < -0.4 is 4.74 Å². The van der Waals surface area contributed by atoms with Gasteiger partial charge in [0.05, 0.1) is 26.4 Å². The van der Waals surface area contributed by atoms with Gasteiger partial charge in [0.15, 0.2) is 0 Å². The van der Waals surface area contributed by atoms with Crippen LogP contribution in [-0.4, -0.2) is 55.8 Å². The SMILES string of the molecule is COc1cccc([C@H]2CCCCN2C(=O)N2CCOCC2)c1. The highest BCUT2D eigenvalue weighted by Crippen LogP contribution is 2.33. The number of hydrogen-bond acceptors (Lipinski definition) is 3. The molecule has 1 aromatic rings. The zero-order chi connectivity index (χ0) is 15.4. The average Bonchev–Trinajstić information content (AvgIpc) is 2.62. The van der Waals surface area contributed by atoms with E-state index in [1.54, 1.807) is 7.11 Å². The van der Waals surface area contributed by atoms with Crippen LogP contribution in [0.2, 0.25) is 0 Å². The number of piperidine rings is 1. The minimum Gasteiger partial charge on any atom is -0.497 e. The fourth-order valence-corrected chi connectivity index (χ4v) is 3.29. The molecule has 2 aliphatic rings. The number of nitrogens with zero attached hydrogens (tertiary/aromatic N) is 2. The summed E-state index contributed by atoms with van der Waals surface area (Å²) in [4.78, 5) is 16.8. The summed E-state index contributed by atoms with van der Waals surface area (Å²) in [7, 11) is 1.68. The first-order valence-corrected chi connectivity index (χ1v) is 8.07. The lowest BCUT2D eigenvalue weighted by Crippen LogP contribution is -2.50. The van der Waals surface area contributed by atoms with Gasteiger partial charge in [0.2, 0.25) is 0 Å². The summed E-state index contributed by atoms with van der Waals surface area (Å²) in [6.45, 7) is 3.51. The van der Waals surface area contributed by atoms with Crippen LogP contribution in [0.15, 0.2) is 24.3 Å². The molecule has 0 N–H and O–H groups in total. The number of carbonyl (C=O) groups excluding carboxylic acids is 1. The molecule has 120 valence electrons. The third-order valence-electron chi connectivity index (χ3n) is 4.51. The molecule has 0 bridgehead atoms. The van der Waals surface area contributed by atoms with Gasteiger partial charge in [-0.3, -0.25) is 0 Å².